The summed E-state index contributed by atoms with van der Waals surface area (Å²) in [5.41, 5.74) is 2.30. The highest BCUT2D eigenvalue weighted by atomic mass is 16.3. The van der Waals surface area contributed by atoms with Crippen molar-refractivity contribution in [1.29, 1.82) is 5.26 Å². The lowest BCUT2D eigenvalue weighted by Crippen LogP contribution is -2.11. The van der Waals surface area contributed by atoms with Crippen molar-refractivity contribution in [3.8, 4) is 6.07 Å². The molecular weight excluding hydrogens is 238 g/mol. The number of nitriles is 1. The maximum absolute atomic E-state index is 9.59. The standard InChI is InChI=1S/C15H15N3O/c1-11(19)13-6-7-17-15(9-13)18(2)14-5-3-4-12(8-14)10-16/h3-9,11,19H,1-2H3/t11-/m0/s1. The van der Waals surface area contributed by atoms with E-state index in [0.717, 1.165) is 17.1 Å². The van der Waals surface area contributed by atoms with Crippen molar-refractivity contribution in [2.24, 2.45) is 0 Å². The molecule has 2 aromatic rings. The molecule has 2 rings (SSSR count). The number of nitrogens with zero attached hydrogens (tertiary/aromatic N) is 3. The van der Waals surface area contributed by atoms with Crippen LogP contribution in [0.2, 0.25) is 0 Å². The van der Waals surface area contributed by atoms with E-state index in [1.807, 2.05) is 30.1 Å². The summed E-state index contributed by atoms with van der Waals surface area (Å²) in [5.74, 6) is 0.730. The number of aliphatic hydroxyl groups is 1. The number of hydrogen-bond acceptors (Lipinski definition) is 4. The van der Waals surface area contributed by atoms with Crippen molar-refractivity contribution in [2.75, 3.05) is 11.9 Å². The molecule has 1 heterocycles. The first-order valence-corrected chi connectivity index (χ1v) is 5.99. The van der Waals surface area contributed by atoms with Crippen LogP contribution in [0.5, 0.6) is 0 Å². The zero-order valence-corrected chi connectivity index (χ0v) is 10.9. The molecule has 0 aliphatic heterocycles. The predicted octanol–water partition coefficient (Wildman–Crippen LogP) is 2.77. The summed E-state index contributed by atoms with van der Waals surface area (Å²) in [5, 5.41) is 18.5. The molecule has 96 valence electrons. The summed E-state index contributed by atoms with van der Waals surface area (Å²) < 4.78 is 0. The molecule has 1 aromatic carbocycles. The molecule has 0 aliphatic rings. The molecule has 0 bridgehead atoms. The van der Waals surface area contributed by atoms with Gasteiger partial charge in [0.25, 0.3) is 0 Å². The highest BCUT2D eigenvalue weighted by Crippen LogP contribution is 2.24. The smallest absolute Gasteiger partial charge is 0.133 e. The average molecular weight is 253 g/mol. The number of rotatable bonds is 3. The monoisotopic (exact) mass is 253 g/mol. The van der Waals surface area contributed by atoms with Gasteiger partial charge in [-0.15, -0.1) is 0 Å². The lowest BCUT2D eigenvalue weighted by molar-refractivity contribution is 0.199. The number of aliphatic hydroxyl groups excluding tert-OH is 1. The third-order valence-corrected chi connectivity index (χ3v) is 2.96. The Kier molecular flexibility index (Phi) is 3.79. The molecule has 4 heteroatoms. The Bertz CT molecular complexity index is 617. The minimum Gasteiger partial charge on any atom is -0.389 e. The van der Waals surface area contributed by atoms with E-state index in [1.54, 1.807) is 31.3 Å². The van der Waals surface area contributed by atoms with E-state index in [9.17, 15) is 5.11 Å². The molecular formula is C15H15N3O. The van der Waals surface area contributed by atoms with Crippen molar-refractivity contribution < 1.29 is 5.11 Å². The molecule has 0 spiro atoms. The second kappa shape index (κ2) is 5.51. The van der Waals surface area contributed by atoms with Gasteiger partial charge in [-0.3, -0.25) is 0 Å². The summed E-state index contributed by atoms with van der Waals surface area (Å²) in [6.07, 6.45) is 1.14. The first-order chi connectivity index (χ1) is 9.11. The Hall–Kier alpha value is -2.38. The molecule has 0 saturated heterocycles. The molecule has 1 aromatic heterocycles. The topological polar surface area (TPSA) is 60.2 Å². The number of hydrogen-bond donors (Lipinski definition) is 1. The summed E-state index contributed by atoms with van der Waals surface area (Å²) in [7, 11) is 1.88. The van der Waals surface area contributed by atoms with Crippen LogP contribution in [-0.2, 0) is 0 Å². The van der Waals surface area contributed by atoms with Gasteiger partial charge in [0.15, 0.2) is 0 Å². The summed E-state index contributed by atoms with van der Waals surface area (Å²) in [6, 6.07) is 13.1. The number of anilines is 2. The second-order valence-electron chi connectivity index (χ2n) is 4.34. The van der Waals surface area contributed by atoms with Gasteiger partial charge in [-0.1, -0.05) is 6.07 Å². The van der Waals surface area contributed by atoms with E-state index in [1.165, 1.54) is 0 Å². The Morgan fingerprint density at radius 2 is 2.11 bits per heavy atom. The molecule has 0 aliphatic carbocycles. The van der Waals surface area contributed by atoms with Crippen LogP contribution in [0.4, 0.5) is 11.5 Å². The van der Waals surface area contributed by atoms with E-state index in [4.69, 9.17) is 5.26 Å². The molecule has 1 atom stereocenters. The molecule has 0 saturated carbocycles. The summed E-state index contributed by atoms with van der Waals surface area (Å²) >= 11 is 0. The Labute approximate surface area is 112 Å². The Morgan fingerprint density at radius 1 is 1.32 bits per heavy atom. The number of benzene rings is 1. The van der Waals surface area contributed by atoms with Crippen LogP contribution in [0.3, 0.4) is 0 Å². The quantitative estimate of drug-likeness (QED) is 0.913. The fourth-order valence-corrected chi connectivity index (χ4v) is 1.79. The van der Waals surface area contributed by atoms with Crippen LogP contribution >= 0.6 is 0 Å². The van der Waals surface area contributed by atoms with Crippen LogP contribution in [0.25, 0.3) is 0 Å². The van der Waals surface area contributed by atoms with E-state index in [2.05, 4.69) is 11.1 Å². The summed E-state index contributed by atoms with van der Waals surface area (Å²) in [6.45, 7) is 1.72. The predicted molar refractivity (Wildman–Crippen MR) is 74.1 cm³/mol. The highest BCUT2D eigenvalue weighted by molar-refractivity contribution is 5.61. The molecule has 0 radical (unpaired) electrons. The third kappa shape index (κ3) is 2.90. The largest absolute Gasteiger partial charge is 0.389 e. The Balaban J connectivity index is 2.35. The minimum absolute atomic E-state index is 0.527. The normalized spacial score (nSPS) is 11.7. The van der Waals surface area contributed by atoms with Gasteiger partial charge in [0, 0.05) is 18.9 Å². The zero-order valence-electron chi connectivity index (χ0n) is 10.9. The zero-order chi connectivity index (χ0) is 13.8. The van der Waals surface area contributed by atoms with E-state index < -0.39 is 6.10 Å². The average Bonchev–Trinajstić information content (AvgIpc) is 2.46. The molecule has 0 fully saturated rings. The van der Waals surface area contributed by atoms with Crippen LogP contribution in [0, 0.1) is 11.3 Å². The number of aromatic nitrogens is 1. The van der Waals surface area contributed by atoms with Gasteiger partial charge in [0.05, 0.1) is 17.7 Å². The van der Waals surface area contributed by atoms with Crippen LogP contribution < -0.4 is 4.90 Å². The lowest BCUT2D eigenvalue weighted by Gasteiger charge is -2.19. The van der Waals surface area contributed by atoms with Crippen LogP contribution in [0.1, 0.15) is 24.2 Å². The SMILES string of the molecule is C[C@H](O)c1ccnc(N(C)c2cccc(C#N)c2)c1. The fourth-order valence-electron chi connectivity index (χ4n) is 1.79. The summed E-state index contributed by atoms with van der Waals surface area (Å²) in [4.78, 5) is 6.17. The maximum atomic E-state index is 9.59. The molecule has 0 amide bonds. The van der Waals surface area contributed by atoms with E-state index >= 15 is 0 Å². The van der Waals surface area contributed by atoms with Crippen molar-refractivity contribution in [1.82, 2.24) is 4.98 Å². The van der Waals surface area contributed by atoms with Crippen molar-refractivity contribution in [3.05, 3.63) is 53.7 Å². The minimum atomic E-state index is -0.527. The van der Waals surface area contributed by atoms with Gasteiger partial charge < -0.3 is 10.0 Å². The maximum Gasteiger partial charge on any atom is 0.133 e. The van der Waals surface area contributed by atoms with Crippen LogP contribution in [-0.4, -0.2) is 17.1 Å². The molecule has 0 unspecified atom stereocenters. The highest BCUT2D eigenvalue weighted by Gasteiger charge is 2.08. The van der Waals surface area contributed by atoms with E-state index in [-0.39, 0.29) is 0 Å². The van der Waals surface area contributed by atoms with Gasteiger partial charge in [0.2, 0.25) is 0 Å². The van der Waals surface area contributed by atoms with Gasteiger partial charge in [0.1, 0.15) is 5.82 Å². The lowest BCUT2D eigenvalue weighted by atomic mass is 10.1. The third-order valence-electron chi connectivity index (χ3n) is 2.96. The van der Waals surface area contributed by atoms with Gasteiger partial charge in [-0.05, 0) is 42.8 Å². The van der Waals surface area contributed by atoms with Crippen molar-refractivity contribution >= 4 is 11.5 Å². The second-order valence-corrected chi connectivity index (χ2v) is 4.34. The first-order valence-electron chi connectivity index (χ1n) is 5.99. The van der Waals surface area contributed by atoms with Gasteiger partial charge in [-0.2, -0.15) is 5.26 Å². The van der Waals surface area contributed by atoms with Crippen LogP contribution in [0.15, 0.2) is 42.6 Å². The molecule has 19 heavy (non-hydrogen) atoms. The van der Waals surface area contributed by atoms with Crippen molar-refractivity contribution in [3.63, 3.8) is 0 Å². The Morgan fingerprint density at radius 3 is 2.79 bits per heavy atom. The van der Waals surface area contributed by atoms with Gasteiger partial charge >= 0.3 is 0 Å². The van der Waals surface area contributed by atoms with Gasteiger partial charge in [-0.25, -0.2) is 4.98 Å². The number of pyridine rings is 1. The van der Waals surface area contributed by atoms with Crippen molar-refractivity contribution in [2.45, 2.75) is 13.0 Å². The molecule has 4 nitrogen and oxygen atoms in total. The fraction of sp³-hybridized carbons (Fsp3) is 0.200. The first kappa shape index (κ1) is 13.1. The molecule has 1 N–H and O–H groups in total. The van der Waals surface area contributed by atoms with E-state index in [0.29, 0.717) is 5.56 Å².